The van der Waals surface area contributed by atoms with E-state index in [4.69, 9.17) is 0 Å². The molecule has 2 rings (SSSR count). The molecule has 4 nitrogen and oxygen atoms in total. The van der Waals surface area contributed by atoms with Crippen LogP contribution in [0.3, 0.4) is 0 Å². The van der Waals surface area contributed by atoms with E-state index in [0.717, 1.165) is 19.4 Å². The van der Waals surface area contributed by atoms with E-state index in [2.05, 4.69) is 5.43 Å². The number of rotatable bonds is 0. The fraction of sp³-hybridized carbons (Fsp3) is 0.889. The summed E-state index contributed by atoms with van der Waals surface area (Å²) in [7, 11) is 1.78. The molecule has 0 aromatic carbocycles. The lowest BCUT2D eigenvalue weighted by atomic mass is 10.1. The number of fused-ring (bicyclic) bond motifs is 1. The number of piperidine rings is 1. The van der Waals surface area contributed by atoms with E-state index in [-0.39, 0.29) is 12.2 Å². The highest BCUT2D eigenvalue weighted by atomic mass is 16.2. The Bertz CT molecular complexity index is 184. The molecule has 4 heteroatoms. The van der Waals surface area contributed by atoms with Crippen LogP contribution in [0.15, 0.2) is 0 Å². The van der Waals surface area contributed by atoms with Gasteiger partial charge in [0, 0.05) is 13.6 Å². The van der Waals surface area contributed by atoms with Crippen LogP contribution in [0, 0.1) is 0 Å². The third-order valence-corrected chi connectivity index (χ3v) is 2.38. The first-order valence-corrected chi connectivity index (χ1v) is 5.09. The lowest BCUT2D eigenvalue weighted by Crippen LogP contribution is -2.40. The number of carbonyl (C=O) groups is 1. The minimum Gasteiger partial charge on any atom is -0.306 e. The third-order valence-electron chi connectivity index (χ3n) is 2.38. The van der Waals surface area contributed by atoms with Crippen LogP contribution in [0.5, 0.6) is 0 Å². The second-order valence-electron chi connectivity index (χ2n) is 3.18. The Morgan fingerprint density at radius 1 is 1.38 bits per heavy atom. The van der Waals surface area contributed by atoms with Gasteiger partial charge in [0.05, 0.1) is 0 Å². The predicted molar refractivity (Wildman–Crippen MR) is 52.0 cm³/mol. The Morgan fingerprint density at radius 3 is 2.69 bits per heavy atom. The third kappa shape index (κ3) is 1.94. The summed E-state index contributed by atoms with van der Waals surface area (Å²) in [5.74, 6) is 0. The van der Waals surface area contributed by atoms with Gasteiger partial charge in [-0.15, -0.1) is 0 Å². The summed E-state index contributed by atoms with van der Waals surface area (Å²) < 4.78 is 0. The fourth-order valence-corrected chi connectivity index (χ4v) is 1.77. The summed E-state index contributed by atoms with van der Waals surface area (Å²) in [5, 5.41) is 1.58. The quantitative estimate of drug-likeness (QED) is 0.619. The van der Waals surface area contributed by atoms with Gasteiger partial charge in [0.1, 0.15) is 6.17 Å². The van der Waals surface area contributed by atoms with E-state index in [1.807, 2.05) is 18.7 Å². The van der Waals surface area contributed by atoms with Gasteiger partial charge >= 0.3 is 6.03 Å². The molecule has 0 aromatic heterocycles. The molecule has 0 spiro atoms. The largest absolute Gasteiger partial charge is 0.335 e. The van der Waals surface area contributed by atoms with Crippen molar-refractivity contribution in [2.45, 2.75) is 39.3 Å². The fourth-order valence-electron chi connectivity index (χ4n) is 1.77. The van der Waals surface area contributed by atoms with Crippen LogP contribution >= 0.6 is 0 Å². The van der Waals surface area contributed by atoms with Crippen LogP contribution in [0.25, 0.3) is 0 Å². The maximum absolute atomic E-state index is 11.3. The summed E-state index contributed by atoms with van der Waals surface area (Å²) in [5.41, 5.74) is 3.12. The van der Waals surface area contributed by atoms with Gasteiger partial charge in [0.15, 0.2) is 0 Å². The molecule has 1 atom stereocenters. The number of hydrazine groups is 1. The first-order chi connectivity index (χ1) is 6.29. The van der Waals surface area contributed by atoms with E-state index in [0.29, 0.717) is 0 Å². The van der Waals surface area contributed by atoms with Crippen LogP contribution in [0.1, 0.15) is 33.1 Å². The van der Waals surface area contributed by atoms with Crippen molar-refractivity contribution in [3.63, 3.8) is 0 Å². The van der Waals surface area contributed by atoms with Crippen molar-refractivity contribution in [2.24, 2.45) is 0 Å². The summed E-state index contributed by atoms with van der Waals surface area (Å²) in [6, 6.07) is 0.120. The van der Waals surface area contributed by atoms with Crippen molar-refractivity contribution in [3.05, 3.63) is 0 Å². The van der Waals surface area contributed by atoms with Gasteiger partial charge in [-0.2, -0.15) is 0 Å². The van der Waals surface area contributed by atoms with E-state index in [1.54, 1.807) is 12.1 Å². The van der Waals surface area contributed by atoms with Crippen molar-refractivity contribution < 1.29 is 4.79 Å². The van der Waals surface area contributed by atoms with Crippen LogP contribution in [-0.4, -0.2) is 35.7 Å². The molecule has 1 unspecified atom stereocenters. The van der Waals surface area contributed by atoms with Gasteiger partial charge in [0.2, 0.25) is 0 Å². The summed E-state index contributed by atoms with van der Waals surface area (Å²) in [6.07, 6.45) is 3.75. The highest BCUT2D eigenvalue weighted by molar-refractivity contribution is 5.75. The maximum atomic E-state index is 11.3. The van der Waals surface area contributed by atoms with Gasteiger partial charge < -0.3 is 4.90 Å². The van der Waals surface area contributed by atoms with Gasteiger partial charge in [-0.3, -0.25) is 5.01 Å². The average Bonchev–Trinajstić information content (AvgIpc) is 2.47. The first kappa shape index (κ1) is 10.3. The zero-order valence-corrected chi connectivity index (χ0v) is 8.71. The van der Waals surface area contributed by atoms with E-state index >= 15 is 0 Å². The molecule has 0 aliphatic carbocycles. The SMILES string of the molecule is CC.CN1NC2CCCCN2C1=O. The molecule has 0 aromatic rings. The summed E-state index contributed by atoms with van der Waals surface area (Å²) >= 11 is 0. The van der Waals surface area contributed by atoms with Crippen molar-refractivity contribution in [3.8, 4) is 0 Å². The van der Waals surface area contributed by atoms with Crippen molar-refractivity contribution in [1.82, 2.24) is 15.3 Å². The molecule has 0 bridgehead atoms. The number of hydrogen-bond donors (Lipinski definition) is 1. The monoisotopic (exact) mass is 185 g/mol. The Labute approximate surface area is 79.9 Å². The summed E-state index contributed by atoms with van der Waals surface area (Å²) in [6.45, 7) is 4.92. The average molecular weight is 185 g/mol. The predicted octanol–water partition coefficient (Wildman–Crippen LogP) is 1.39. The van der Waals surface area contributed by atoms with Gasteiger partial charge in [-0.1, -0.05) is 13.8 Å². The van der Waals surface area contributed by atoms with Crippen LogP contribution in [-0.2, 0) is 0 Å². The van der Waals surface area contributed by atoms with Crippen LogP contribution in [0.2, 0.25) is 0 Å². The summed E-state index contributed by atoms with van der Waals surface area (Å²) in [4.78, 5) is 13.2. The van der Waals surface area contributed by atoms with Gasteiger partial charge in [0.25, 0.3) is 0 Å². The number of carbonyl (C=O) groups excluding carboxylic acids is 1. The lowest BCUT2D eigenvalue weighted by Gasteiger charge is -2.26. The smallest absolute Gasteiger partial charge is 0.306 e. The topological polar surface area (TPSA) is 35.6 Å². The minimum atomic E-state index is 0.120. The van der Waals surface area contributed by atoms with Crippen molar-refractivity contribution >= 4 is 6.03 Å². The number of urea groups is 1. The van der Waals surface area contributed by atoms with E-state index in [1.165, 1.54) is 6.42 Å². The standard InChI is InChI=1S/C7H13N3O.C2H6/c1-9-7(11)10-5-3-2-4-6(10)8-9;1-2/h6,8H,2-5H2,1H3;1-2H3. The number of hydrogen-bond acceptors (Lipinski definition) is 2. The molecule has 2 aliphatic heterocycles. The molecule has 0 saturated carbocycles. The van der Waals surface area contributed by atoms with E-state index in [9.17, 15) is 4.79 Å². The molecule has 0 radical (unpaired) electrons. The second-order valence-corrected chi connectivity index (χ2v) is 3.18. The number of nitrogens with one attached hydrogen (secondary N) is 1. The zero-order chi connectivity index (χ0) is 9.84. The van der Waals surface area contributed by atoms with Crippen LogP contribution < -0.4 is 5.43 Å². The minimum absolute atomic E-state index is 0.120. The number of nitrogens with zero attached hydrogens (tertiary/aromatic N) is 2. The van der Waals surface area contributed by atoms with Gasteiger partial charge in [-0.25, -0.2) is 10.2 Å². The maximum Gasteiger partial charge on any atom is 0.335 e. The lowest BCUT2D eigenvalue weighted by molar-refractivity contribution is 0.177. The Kier molecular flexibility index (Phi) is 3.54. The Morgan fingerprint density at radius 2 is 2.08 bits per heavy atom. The highest BCUT2D eigenvalue weighted by Gasteiger charge is 2.35. The molecule has 13 heavy (non-hydrogen) atoms. The molecular formula is C9H19N3O. The first-order valence-electron chi connectivity index (χ1n) is 5.09. The normalized spacial score (nSPS) is 26.7. The number of amides is 2. The van der Waals surface area contributed by atoms with E-state index < -0.39 is 0 Å². The zero-order valence-electron chi connectivity index (χ0n) is 8.71. The molecule has 2 aliphatic rings. The molecule has 2 fully saturated rings. The molecule has 1 N–H and O–H groups in total. The highest BCUT2D eigenvalue weighted by Crippen LogP contribution is 2.20. The molecule has 2 heterocycles. The van der Waals surface area contributed by atoms with Crippen molar-refractivity contribution in [2.75, 3.05) is 13.6 Å². The second kappa shape index (κ2) is 4.46. The Hall–Kier alpha value is -0.770. The molecule has 2 amide bonds. The molecule has 2 saturated heterocycles. The van der Waals surface area contributed by atoms with Crippen LogP contribution in [0.4, 0.5) is 4.79 Å². The van der Waals surface area contributed by atoms with Crippen molar-refractivity contribution in [1.29, 1.82) is 0 Å². The molecular weight excluding hydrogens is 166 g/mol. The molecule has 76 valence electrons. The van der Waals surface area contributed by atoms with Gasteiger partial charge in [-0.05, 0) is 19.3 Å². The Balaban J connectivity index is 0.000000396.